The third-order valence-corrected chi connectivity index (χ3v) is 6.56. The number of amides is 2. The van der Waals surface area contributed by atoms with Crippen LogP contribution in [0, 0.1) is 18.7 Å². The topological polar surface area (TPSA) is 75.2 Å². The summed E-state index contributed by atoms with van der Waals surface area (Å²) in [7, 11) is 0. The molecule has 4 rings (SSSR count). The summed E-state index contributed by atoms with van der Waals surface area (Å²) in [5, 5.41) is 3.95. The number of likely N-dealkylation sites (tertiary alicyclic amines) is 1. The van der Waals surface area contributed by atoms with Crippen molar-refractivity contribution in [3.05, 3.63) is 64.0 Å². The van der Waals surface area contributed by atoms with Crippen LogP contribution in [0.1, 0.15) is 28.2 Å². The number of nitrogens with one attached hydrogen (secondary N) is 1. The zero-order valence-electron chi connectivity index (χ0n) is 16.8. The van der Waals surface area contributed by atoms with Gasteiger partial charge < -0.3 is 10.2 Å². The summed E-state index contributed by atoms with van der Waals surface area (Å²) in [6.07, 6.45) is 2.91. The number of carbonyl (C=O) groups excluding carboxylic acids is 2. The van der Waals surface area contributed by atoms with Crippen molar-refractivity contribution in [2.45, 2.75) is 19.8 Å². The van der Waals surface area contributed by atoms with Crippen molar-refractivity contribution in [2.75, 3.05) is 18.4 Å². The number of pyridine rings is 1. The number of piperidine rings is 1. The van der Waals surface area contributed by atoms with Crippen LogP contribution < -0.4 is 5.32 Å². The van der Waals surface area contributed by atoms with Crippen LogP contribution in [0.2, 0.25) is 5.02 Å². The predicted molar refractivity (Wildman–Crippen MR) is 119 cm³/mol. The minimum atomic E-state index is -0.320. The van der Waals surface area contributed by atoms with E-state index in [1.165, 1.54) is 29.7 Å². The normalized spacial score (nSPS) is 16.2. The van der Waals surface area contributed by atoms with Crippen molar-refractivity contribution in [1.82, 2.24) is 14.9 Å². The fraction of sp³-hybridized carbons (Fsp3) is 0.273. The molecule has 0 spiro atoms. The number of aryl methyl sites for hydroxylation is 1. The maximum atomic E-state index is 13.2. The molecule has 0 bridgehead atoms. The van der Waals surface area contributed by atoms with Gasteiger partial charge in [0.1, 0.15) is 21.5 Å². The molecule has 1 unspecified atom stereocenters. The summed E-state index contributed by atoms with van der Waals surface area (Å²) in [4.78, 5) is 36.7. The van der Waals surface area contributed by atoms with Crippen LogP contribution in [0.4, 0.5) is 10.2 Å². The molecule has 1 atom stereocenters. The maximum Gasteiger partial charge on any atom is 0.265 e. The van der Waals surface area contributed by atoms with E-state index in [2.05, 4.69) is 15.3 Å². The Balaban J connectivity index is 1.45. The molecule has 0 aliphatic carbocycles. The molecule has 1 aromatic carbocycles. The SMILES string of the molecule is Cc1nc(-c2ccc(F)cc2)sc1C(=O)N1CCCC(C(=O)Nc2ccc(Cl)cn2)C1. The first-order valence-corrected chi connectivity index (χ1v) is 11.0. The average molecular weight is 459 g/mol. The Bertz CT molecular complexity index is 1100. The Morgan fingerprint density at radius 1 is 1.23 bits per heavy atom. The molecule has 9 heteroatoms. The van der Waals surface area contributed by atoms with E-state index in [-0.39, 0.29) is 23.5 Å². The smallest absolute Gasteiger partial charge is 0.265 e. The van der Waals surface area contributed by atoms with E-state index in [4.69, 9.17) is 11.6 Å². The number of thiazole rings is 1. The van der Waals surface area contributed by atoms with Gasteiger partial charge in [0.25, 0.3) is 5.91 Å². The predicted octanol–water partition coefficient (Wildman–Crippen LogP) is 4.80. The standard InChI is InChI=1S/C22H20ClFN4O2S/c1-13-19(31-21(26-13)14-4-7-17(24)8-5-14)22(30)28-10-2-3-15(12-28)20(29)27-18-9-6-16(23)11-25-18/h4-9,11,15H,2-3,10,12H2,1H3,(H,25,27,29). The molecule has 3 aromatic rings. The van der Waals surface area contributed by atoms with Gasteiger partial charge in [-0.25, -0.2) is 14.4 Å². The zero-order chi connectivity index (χ0) is 22.0. The molecule has 1 aliphatic rings. The van der Waals surface area contributed by atoms with Crippen molar-refractivity contribution in [2.24, 2.45) is 5.92 Å². The maximum absolute atomic E-state index is 13.2. The highest BCUT2D eigenvalue weighted by Gasteiger charge is 2.31. The molecule has 1 N–H and O–H groups in total. The minimum Gasteiger partial charge on any atom is -0.337 e. The highest BCUT2D eigenvalue weighted by molar-refractivity contribution is 7.17. The Hall–Kier alpha value is -2.84. The fourth-order valence-electron chi connectivity index (χ4n) is 3.51. The van der Waals surface area contributed by atoms with Gasteiger partial charge in [0, 0.05) is 24.8 Å². The highest BCUT2D eigenvalue weighted by atomic mass is 35.5. The first kappa shape index (κ1) is 21.4. The third-order valence-electron chi connectivity index (χ3n) is 5.14. The van der Waals surface area contributed by atoms with Crippen LogP contribution in [0.25, 0.3) is 10.6 Å². The van der Waals surface area contributed by atoms with Crippen LogP contribution in [0.15, 0.2) is 42.6 Å². The van der Waals surface area contributed by atoms with Crippen LogP contribution in [-0.2, 0) is 4.79 Å². The van der Waals surface area contributed by atoms with Gasteiger partial charge in [-0.2, -0.15) is 0 Å². The molecule has 31 heavy (non-hydrogen) atoms. The largest absolute Gasteiger partial charge is 0.337 e. The van der Waals surface area contributed by atoms with Crippen molar-refractivity contribution in [3.8, 4) is 10.6 Å². The van der Waals surface area contributed by atoms with Crippen molar-refractivity contribution >= 4 is 40.6 Å². The van der Waals surface area contributed by atoms with Crippen LogP contribution >= 0.6 is 22.9 Å². The van der Waals surface area contributed by atoms with Gasteiger partial charge in [0.2, 0.25) is 5.91 Å². The van der Waals surface area contributed by atoms with E-state index in [1.54, 1.807) is 36.1 Å². The molecular formula is C22H20ClFN4O2S. The average Bonchev–Trinajstić information content (AvgIpc) is 3.17. The fourth-order valence-corrected chi connectivity index (χ4v) is 4.66. The molecule has 1 fully saturated rings. The van der Waals surface area contributed by atoms with E-state index in [9.17, 15) is 14.0 Å². The van der Waals surface area contributed by atoms with Gasteiger partial charge in [-0.05, 0) is 56.2 Å². The van der Waals surface area contributed by atoms with E-state index in [1.807, 2.05) is 0 Å². The number of hydrogen-bond donors (Lipinski definition) is 1. The third kappa shape index (κ3) is 4.91. The number of hydrogen-bond acceptors (Lipinski definition) is 5. The Morgan fingerprint density at radius 2 is 2.00 bits per heavy atom. The van der Waals surface area contributed by atoms with Crippen molar-refractivity contribution in [3.63, 3.8) is 0 Å². The highest BCUT2D eigenvalue weighted by Crippen LogP contribution is 2.30. The minimum absolute atomic E-state index is 0.134. The summed E-state index contributed by atoms with van der Waals surface area (Å²) in [5.41, 5.74) is 1.39. The second kappa shape index (κ2) is 9.11. The van der Waals surface area contributed by atoms with Gasteiger partial charge in [-0.15, -0.1) is 11.3 Å². The number of rotatable bonds is 4. The van der Waals surface area contributed by atoms with Crippen molar-refractivity contribution in [1.29, 1.82) is 0 Å². The van der Waals surface area contributed by atoms with Gasteiger partial charge >= 0.3 is 0 Å². The molecule has 0 saturated carbocycles. The van der Waals surface area contributed by atoms with Crippen LogP contribution in [0.3, 0.4) is 0 Å². The van der Waals surface area contributed by atoms with Crippen LogP contribution in [-0.4, -0.2) is 39.8 Å². The van der Waals surface area contributed by atoms with E-state index in [0.29, 0.717) is 45.9 Å². The lowest BCUT2D eigenvalue weighted by Crippen LogP contribution is -2.43. The number of halogens is 2. The van der Waals surface area contributed by atoms with E-state index in [0.717, 1.165) is 12.0 Å². The second-order valence-corrected chi connectivity index (χ2v) is 8.82. The molecule has 6 nitrogen and oxygen atoms in total. The number of carbonyl (C=O) groups is 2. The zero-order valence-corrected chi connectivity index (χ0v) is 18.3. The molecule has 160 valence electrons. The summed E-state index contributed by atoms with van der Waals surface area (Å²) in [6, 6.07) is 9.34. The first-order chi connectivity index (χ1) is 14.9. The summed E-state index contributed by atoms with van der Waals surface area (Å²) in [5.74, 6) is -0.509. The van der Waals surface area contributed by atoms with Gasteiger partial charge in [-0.1, -0.05) is 11.6 Å². The summed E-state index contributed by atoms with van der Waals surface area (Å²) >= 11 is 7.12. The van der Waals surface area contributed by atoms with E-state index >= 15 is 0 Å². The Kier molecular flexibility index (Phi) is 6.29. The molecule has 1 aliphatic heterocycles. The Morgan fingerprint density at radius 3 is 2.71 bits per heavy atom. The van der Waals surface area contributed by atoms with Gasteiger partial charge in [-0.3, -0.25) is 9.59 Å². The molecule has 1 saturated heterocycles. The Labute approximate surface area is 188 Å². The van der Waals surface area contributed by atoms with Crippen LogP contribution in [0.5, 0.6) is 0 Å². The molecular weight excluding hydrogens is 439 g/mol. The molecule has 2 amide bonds. The number of anilines is 1. The molecule has 0 radical (unpaired) electrons. The lowest BCUT2D eigenvalue weighted by atomic mass is 9.97. The number of benzene rings is 1. The lowest BCUT2D eigenvalue weighted by Gasteiger charge is -2.31. The monoisotopic (exact) mass is 458 g/mol. The molecule has 2 aromatic heterocycles. The second-order valence-electron chi connectivity index (χ2n) is 7.38. The van der Waals surface area contributed by atoms with Crippen molar-refractivity contribution < 1.29 is 14.0 Å². The number of aromatic nitrogens is 2. The summed E-state index contributed by atoms with van der Waals surface area (Å²) in [6.45, 7) is 2.71. The number of nitrogens with zero attached hydrogens (tertiary/aromatic N) is 3. The molecule has 3 heterocycles. The van der Waals surface area contributed by atoms with E-state index < -0.39 is 0 Å². The first-order valence-electron chi connectivity index (χ1n) is 9.86. The van der Waals surface area contributed by atoms with Gasteiger partial charge in [0.15, 0.2) is 0 Å². The quantitative estimate of drug-likeness (QED) is 0.609. The lowest BCUT2D eigenvalue weighted by molar-refractivity contribution is -0.121. The summed E-state index contributed by atoms with van der Waals surface area (Å²) < 4.78 is 13.2. The van der Waals surface area contributed by atoms with Gasteiger partial charge in [0.05, 0.1) is 16.6 Å².